The second kappa shape index (κ2) is 13.3. The third-order valence-corrected chi connectivity index (χ3v) is 6.56. The van der Waals surface area contributed by atoms with Crippen molar-refractivity contribution in [2.75, 3.05) is 19.0 Å². The van der Waals surface area contributed by atoms with Crippen molar-refractivity contribution in [3.8, 4) is 0 Å². The molecule has 42 heavy (non-hydrogen) atoms. The molecule has 8 nitrogen and oxygen atoms in total. The fraction of sp³-hybridized carbons (Fsp3) is 0.167. The molecule has 0 radical (unpaired) electrons. The van der Waals surface area contributed by atoms with E-state index in [0.717, 1.165) is 13.3 Å². The molecule has 2 atom stereocenters. The lowest BCUT2D eigenvalue weighted by Crippen LogP contribution is -2.35. The van der Waals surface area contributed by atoms with Gasteiger partial charge in [-0.05, 0) is 28.8 Å². The fourth-order valence-electron chi connectivity index (χ4n) is 4.17. The monoisotopic (exact) mass is 595 g/mol. The second-order valence-corrected chi connectivity index (χ2v) is 9.50. The Labute approximate surface area is 244 Å². The number of carbonyl (C=O) groups is 2. The molecule has 0 spiro atoms. The highest BCUT2D eigenvalue weighted by atomic mass is 35.5. The van der Waals surface area contributed by atoms with Crippen LogP contribution in [-0.4, -0.2) is 41.2 Å². The highest BCUT2D eigenvalue weighted by Gasteiger charge is 2.36. The zero-order chi connectivity index (χ0) is 30.3. The number of aromatic nitrogens is 2. The van der Waals surface area contributed by atoms with Crippen molar-refractivity contribution in [1.29, 1.82) is 5.41 Å². The molecule has 2 unspecified atom stereocenters. The molecule has 1 heterocycles. The van der Waals surface area contributed by atoms with E-state index in [2.05, 4.69) is 20.6 Å². The first-order valence-corrected chi connectivity index (χ1v) is 13.0. The molecule has 1 aromatic heterocycles. The number of ether oxygens (including phenoxy) is 1. The molecule has 0 aliphatic carbocycles. The SMILES string of the molecule is COC(=O)C(NC(=O)c1cnc(C(F)(F)F)nc1NCC(C(=N)c1ccc(Cl)cc1)c1ccccc1)c1ccccc1. The molecule has 3 N–H and O–H groups in total. The highest BCUT2D eigenvalue weighted by molar-refractivity contribution is 6.30. The molecule has 0 saturated carbocycles. The Morgan fingerprint density at radius 1 is 0.952 bits per heavy atom. The number of nitrogens with zero attached hydrogens (tertiary/aromatic N) is 2. The van der Waals surface area contributed by atoms with Crippen LogP contribution in [0, 0.1) is 5.41 Å². The largest absolute Gasteiger partial charge is 0.467 e. The molecule has 0 bridgehead atoms. The van der Waals surface area contributed by atoms with Crippen LogP contribution in [-0.2, 0) is 15.7 Å². The van der Waals surface area contributed by atoms with E-state index in [4.69, 9.17) is 21.7 Å². The Morgan fingerprint density at radius 2 is 1.55 bits per heavy atom. The highest BCUT2D eigenvalue weighted by Crippen LogP contribution is 2.29. The summed E-state index contributed by atoms with van der Waals surface area (Å²) >= 11 is 6.00. The topological polar surface area (TPSA) is 117 Å². The average Bonchev–Trinajstić information content (AvgIpc) is 3.00. The minimum Gasteiger partial charge on any atom is -0.467 e. The van der Waals surface area contributed by atoms with Gasteiger partial charge >= 0.3 is 12.1 Å². The second-order valence-electron chi connectivity index (χ2n) is 9.06. The first-order chi connectivity index (χ1) is 20.1. The van der Waals surface area contributed by atoms with Gasteiger partial charge in [0.05, 0.1) is 7.11 Å². The summed E-state index contributed by atoms with van der Waals surface area (Å²) in [6, 6.07) is 22.5. The number of nitrogens with one attached hydrogen (secondary N) is 3. The number of amides is 1. The van der Waals surface area contributed by atoms with Gasteiger partial charge in [-0.3, -0.25) is 4.79 Å². The van der Waals surface area contributed by atoms with Crippen molar-refractivity contribution in [1.82, 2.24) is 15.3 Å². The molecule has 0 aliphatic heterocycles. The van der Waals surface area contributed by atoms with Gasteiger partial charge in [-0.25, -0.2) is 14.8 Å². The normalized spacial score (nSPS) is 12.6. The molecular weight excluding hydrogens is 571 g/mol. The van der Waals surface area contributed by atoms with E-state index >= 15 is 0 Å². The molecular formula is C30H25ClF3N5O3. The van der Waals surface area contributed by atoms with Gasteiger partial charge in [0.2, 0.25) is 5.82 Å². The number of esters is 1. The standard InChI is InChI=1S/C30H25ClF3N5O3/c1-42-28(41)25(20-10-6-3-7-11-20)38-27(40)23-17-37-29(30(32,33)34)39-26(23)36-16-22(18-8-4-2-5-9-18)24(35)19-12-14-21(31)15-13-19/h2-15,17,22,25,35H,16H2,1H3,(H,38,40)(H,36,37,39). The summed E-state index contributed by atoms with van der Waals surface area (Å²) in [5.41, 5.74) is 1.49. The molecule has 4 aromatic rings. The first-order valence-electron chi connectivity index (χ1n) is 12.6. The van der Waals surface area contributed by atoms with Crippen molar-refractivity contribution in [2.45, 2.75) is 18.1 Å². The van der Waals surface area contributed by atoms with Crippen molar-refractivity contribution < 1.29 is 27.5 Å². The van der Waals surface area contributed by atoms with E-state index in [1.54, 1.807) is 84.9 Å². The van der Waals surface area contributed by atoms with Crippen LogP contribution in [0.5, 0.6) is 0 Å². The molecule has 3 aromatic carbocycles. The Kier molecular flexibility index (Phi) is 9.53. The Bertz CT molecular complexity index is 1550. The van der Waals surface area contributed by atoms with Crippen molar-refractivity contribution in [3.63, 3.8) is 0 Å². The van der Waals surface area contributed by atoms with Crippen LogP contribution in [0.1, 0.15) is 44.8 Å². The van der Waals surface area contributed by atoms with Crippen LogP contribution in [0.3, 0.4) is 0 Å². The van der Waals surface area contributed by atoms with Crippen molar-refractivity contribution >= 4 is 35.0 Å². The number of carbonyl (C=O) groups excluding carboxylic acids is 2. The lowest BCUT2D eigenvalue weighted by Gasteiger charge is -2.22. The number of hydrogen-bond donors (Lipinski definition) is 3. The average molecular weight is 596 g/mol. The number of benzene rings is 3. The van der Waals surface area contributed by atoms with E-state index in [0.29, 0.717) is 21.7 Å². The van der Waals surface area contributed by atoms with E-state index in [-0.39, 0.29) is 17.8 Å². The molecule has 216 valence electrons. The van der Waals surface area contributed by atoms with Gasteiger partial charge in [-0.1, -0.05) is 84.4 Å². The number of hydrogen-bond acceptors (Lipinski definition) is 7. The number of anilines is 1. The third kappa shape index (κ3) is 7.29. The summed E-state index contributed by atoms with van der Waals surface area (Å²) in [7, 11) is 1.15. The Morgan fingerprint density at radius 3 is 2.12 bits per heavy atom. The summed E-state index contributed by atoms with van der Waals surface area (Å²) in [4.78, 5) is 32.8. The van der Waals surface area contributed by atoms with Crippen LogP contribution in [0.2, 0.25) is 5.02 Å². The summed E-state index contributed by atoms with van der Waals surface area (Å²) in [5, 5.41) is 14.7. The predicted molar refractivity (Wildman–Crippen MR) is 152 cm³/mol. The van der Waals surface area contributed by atoms with E-state index < -0.39 is 41.7 Å². The zero-order valence-electron chi connectivity index (χ0n) is 22.2. The molecule has 12 heteroatoms. The summed E-state index contributed by atoms with van der Waals surface area (Å²) in [5.74, 6) is -4.22. The predicted octanol–water partition coefficient (Wildman–Crippen LogP) is 6.06. The van der Waals surface area contributed by atoms with Crippen LogP contribution in [0.4, 0.5) is 19.0 Å². The fourth-order valence-corrected chi connectivity index (χ4v) is 4.30. The van der Waals surface area contributed by atoms with Crippen LogP contribution in [0.15, 0.2) is 91.1 Å². The number of halogens is 4. The van der Waals surface area contributed by atoms with Gasteiger partial charge in [-0.2, -0.15) is 13.2 Å². The lowest BCUT2D eigenvalue weighted by atomic mass is 9.90. The maximum Gasteiger partial charge on any atom is 0.451 e. The summed E-state index contributed by atoms with van der Waals surface area (Å²) in [6.45, 7) is -0.0980. The number of alkyl halides is 3. The van der Waals surface area contributed by atoms with E-state index in [9.17, 15) is 22.8 Å². The smallest absolute Gasteiger partial charge is 0.451 e. The minimum absolute atomic E-state index is 0.0980. The van der Waals surface area contributed by atoms with Crippen molar-refractivity contribution in [3.05, 3.63) is 124 Å². The van der Waals surface area contributed by atoms with Crippen molar-refractivity contribution in [2.24, 2.45) is 0 Å². The zero-order valence-corrected chi connectivity index (χ0v) is 22.9. The van der Waals surface area contributed by atoms with Gasteiger partial charge in [0.15, 0.2) is 6.04 Å². The summed E-state index contributed by atoms with van der Waals surface area (Å²) < 4.78 is 45.5. The van der Waals surface area contributed by atoms with E-state index in [1.807, 2.05) is 0 Å². The number of methoxy groups -OCH3 is 1. The van der Waals surface area contributed by atoms with Gasteiger partial charge in [0.1, 0.15) is 11.4 Å². The van der Waals surface area contributed by atoms with Crippen LogP contribution < -0.4 is 10.6 Å². The van der Waals surface area contributed by atoms with E-state index in [1.165, 1.54) is 0 Å². The lowest BCUT2D eigenvalue weighted by molar-refractivity contribution is -0.145. The van der Waals surface area contributed by atoms with Gasteiger partial charge in [-0.15, -0.1) is 0 Å². The summed E-state index contributed by atoms with van der Waals surface area (Å²) in [6.07, 6.45) is -4.15. The minimum atomic E-state index is -4.89. The molecule has 0 aliphatic rings. The molecule has 0 saturated heterocycles. The maximum atomic E-state index is 13.6. The third-order valence-electron chi connectivity index (χ3n) is 6.31. The van der Waals surface area contributed by atoms with Gasteiger partial charge in [0.25, 0.3) is 5.91 Å². The Balaban J connectivity index is 1.68. The molecule has 4 rings (SSSR count). The van der Waals surface area contributed by atoms with Crippen LogP contribution >= 0.6 is 11.6 Å². The Hall–Kier alpha value is -4.77. The van der Waals surface area contributed by atoms with Gasteiger partial charge in [0, 0.05) is 29.4 Å². The number of rotatable bonds is 10. The van der Waals surface area contributed by atoms with Gasteiger partial charge < -0.3 is 20.8 Å². The molecule has 0 fully saturated rings. The van der Waals surface area contributed by atoms with Crippen LogP contribution in [0.25, 0.3) is 0 Å². The molecule has 1 amide bonds. The maximum absolute atomic E-state index is 13.6. The first kappa shape index (κ1) is 30.2. The quantitative estimate of drug-likeness (QED) is 0.152.